The minimum absolute atomic E-state index is 0.0768. The normalized spacial score (nSPS) is 10.8. The lowest BCUT2D eigenvalue weighted by Gasteiger charge is -2.16. The number of hydrogen-bond donors (Lipinski definition) is 0. The molecule has 27 heavy (non-hydrogen) atoms. The van der Waals surface area contributed by atoms with Gasteiger partial charge in [0.25, 0.3) is 5.56 Å². The second kappa shape index (κ2) is 8.02. The van der Waals surface area contributed by atoms with Gasteiger partial charge in [0.05, 0.1) is 29.5 Å². The maximum absolute atomic E-state index is 13.2. The molecule has 140 valence electrons. The van der Waals surface area contributed by atoms with Crippen molar-refractivity contribution in [3.8, 4) is 11.4 Å². The van der Waals surface area contributed by atoms with Gasteiger partial charge in [0.2, 0.25) is 5.91 Å². The zero-order valence-electron chi connectivity index (χ0n) is 15.1. The second-order valence-corrected chi connectivity index (χ2v) is 7.32. The highest BCUT2D eigenvalue weighted by Crippen LogP contribution is 2.27. The molecule has 0 fully saturated rings. The maximum Gasteiger partial charge on any atom is 0.266 e. The number of ether oxygens (including phenoxy) is 1. The van der Waals surface area contributed by atoms with E-state index in [1.807, 2.05) is 12.1 Å². The number of hydrogen-bond acceptors (Lipinski definition) is 5. The minimum atomic E-state index is -0.249. The van der Waals surface area contributed by atoms with Crippen LogP contribution in [0.15, 0.2) is 52.4 Å². The summed E-state index contributed by atoms with van der Waals surface area (Å²) < 4.78 is 6.89. The number of amides is 1. The van der Waals surface area contributed by atoms with Crippen LogP contribution in [0.25, 0.3) is 16.6 Å². The Morgan fingerprint density at radius 2 is 2.00 bits per heavy atom. The number of rotatable bonds is 5. The van der Waals surface area contributed by atoms with E-state index >= 15 is 0 Å². The molecule has 2 aromatic carbocycles. The predicted molar refractivity (Wildman–Crippen MR) is 108 cm³/mol. The first-order valence-corrected chi connectivity index (χ1v) is 9.47. The fraction of sp³-hybridized carbons (Fsp3) is 0.211. The van der Waals surface area contributed by atoms with Crippen molar-refractivity contribution in [3.63, 3.8) is 0 Å². The van der Waals surface area contributed by atoms with Crippen LogP contribution in [0.3, 0.4) is 0 Å². The highest BCUT2D eigenvalue weighted by atomic mass is 35.5. The van der Waals surface area contributed by atoms with Gasteiger partial charge in [-0.15, -0.1) is 0 Å². The number of para-hydroxylation sites is 2. The van der Waals surface area contributed by atoms with Crippen LogP contribution in [0, 0.1) is 0 Å². The Balaban J connectivity index is 2.24. The van der Waals surface area contributed by atoms with E-state index in [9.17, 15) is 9.59 Å². The molecule has 3 rings (SSSR count). The quantitative estimate of drug-likeness (QED) is 0.483. The Bertz CT molecular complexity index is 1070. The molecule has 0 aliphatic carbocycles. The van der Waals surface area contributed by atoms with E-state index in [0.717, 1.165) is 0 Å². The van der Waals surface area contributed by atoms with Gasteiger partial charge < -0.3 is 9.64 Å². The number of benzene rings is 2. The summed E-state index contributed by atoms with van der Waals surface area (Å²) in [5, 5.41) is 1.33. The maximum atomic E-state index is 13.2. The van der Waals surface area contributed by atoms with Crippen LogP contribution >= 0.6 is 23.4 Å². The van der Waals surface area contributed by atoms with Crippen molar-refractivity contribution in [1.82, 2.24) is 14.5 Å². The van der Waals surface area contributed by atoms with Crippen molar-refractivity contribution in [2.24, 2.45) is 0 Å². The monoisotopic (exact) mass is 403 g/mol. The molecule has 0 bridgehead atoms. The zero-order valence-corrected chi connectivity index (χ0v) is 16.7. The first-order valence-electron chi connectivity index (χ1n) is 8.11. The van der Waals surface area contributed by atoms with Crippen LogP contribution in [-0.2, 0) is 4.79 Å². The van der Waals surface area contributed by atoms with E-state index < -0.39 is 0 Å². The van der Waals surface area contributed by atoms with Gasteiger partial charge in [0.1, 0.15) is 5.75 Å². The molecule has 0 N–H and O–H groups in total. The number of nitrogens with zero attached hydrogens (tertiary/aromatic N) is 3. The molecule has 0 saturated heterocycles. The molecule has 3 aromatic rings. The van der Waals surface area contributed by atoms with Crippen molar-refractivity contribution in [2.45, 2.75) is 5.16 Å². The summed E-state index contributed by atoms with van der Waals surface area (Å²) in [6.45, 7) is 0. The number of halogens is 1. The van der Waals surface area contributed by atoms with E-state index in [2.05, 4.69) is 4.98 Å². The molecule has 0 spiro atoms. The van der Waals surface area contributed by atoms with Gasteiger partial charge in [-0.2, -0.15) is 0 Å². The molecular formula is C19H18ClN3O3S. The SMILES string of the molecule is COc1ccccc1-n1c(SCC(=O)N(C)C)nc2cc(Cl)ccc2c1=O. The Morgan fingerprint density at radius 3 is 2.70 bits per heavy atom. The van der Waals surface area contributed by atoms with Gasteiger partial charge in [-0.05, 0) is 30.3 Å². The number of fused-ring (bicyclic) bond motifs is 1. The number of methoxy groups -OCH3 is 1. The van der Waals surface area contributed by atoms with E-state index in [0.29, 0.717) is 32.5 Å². The first-order chi connectivity index (χ1) is 12.9. The molecule has 8 heteroatoms. The molecule has 1 aromatic heterocycles. The summed E-state index contributed by atoms with van der Waals surface area (Å²) in [6.07, 6.45) is 0. The average molecular weight is 404 g/mol. The highest BCUT2D eigenvalue weighted by molar-refractivity contribution is 7.99. The van der Waals surface area contributed by atoms with Crippen LogP contribution in [0.1, 0.15) is 0 Å². The summed E-state index contributed by atoms with van der Waals surface area (Å²) in [4.78, 5) is 31.3. The van der Waals surface area contributed by atoms with Crippen LogP contribution in [0.4, 0.5) is 0 Å². The third-order valence-electron chi connectivity index (χ3n) is 3.95. The molecular weight excluding hydrogens is 386 g/mol. The fourth-order valence-corrected chi connectivity index (χ4v) is 3.67. The average Bonchev–Trinajstić information content (AvgIpc) is 2.65. The van der Waals surface area contributed by atoms with Crippen molar-refractivity contribution in [1.29, 1.82) is 0 Å². The molecule has 0 atom stereocenters. The lowest BCUT2D eigenvalue weighted by atomic mass is 10.2. The smallest absolute Gasteiger partial charge is 0.266 e. The topological polar surface area (TPSA) is 64.4 Å². The van der Waals surface area contributed by atoms with E-state index in [-0.39, 0.29) is 17.2 Å². The van der Waals surface area contributed by atoms with E-state index in [1.54, 1.807) is 51.5 Å². The van der Waals surface area contributed by atoms with Gasteiger partial charge in [0.15, 0.2) is 5.16 Å². The molecule has 0 saturated carbocycles. The summed E-state index contributed by atoms with van der Waals surface area (Å²) in [6, 6.07) is 12.1. The summed E-state index contributed by atoms with van der Waals surface area (Å²) >= 11 is 7.25. The van der Waals surface area contributed by atoms with Crippen molar-refractivity contribution < 1.29 is 9.53 Å². The van der Waals surface area contributed by atoms with Crippen LogP contribution in [-0.4, -0.2) is 47.3 Å². The van der Waals surface area contributed by atoms with Crippen LogP contribution in [0.5, 0.6) is 5.75 Å². The molecule has 0 aliphatic rings. The Labute approximate surface area is 165 Å². The lowest BCUT2D eigenvalue weighted by Crippen LogP contribution is -2.25. The Kier molecular flexibility index (Phi) is 5.72. The molecule has 1 amide bonds. The molecule has 1 heterocycles. The fourth-order valence-electron chi connectivity index (χ4n) is 2.52. The zero-order chi connectivity index (χ0) is 19.6. The molecule has 6 nitrogen and oxygen atoms in total. The van der Waals surface area contributed by atoms with Gasteiger partial charge >= 0.3 is 0 Å². The van der Waals surface area contributed by atoms with E-state index in [1.165, 1.54) is 21.2 Å². The standard InChI is InChI=1S/C19H18ClN3O3S/c1-22(2)17(24)11-27-19-21-14-10-12(20)8-9-13(14)18(25)23(19)15-6-4-5-7-16(15)26-3/h4-10H,11H2,1-3H3. The Morgan fingerprint density at radius 1 is 1.26 bits per heavy atom. The third kappa shape index (κ3) is 3.94. The predicted octanol–water partition coefficient (Wildman–Crippen LogP) is 3.23. The lowest BCUT2D eigenvalue weighted by molar-refractivity contribution is -0.125. The summed E-state index contributed by atoms with van der Waals surface area (Å²) in [7, 11) is 4.91. The van der Waals surface area contributed by atoms with Crippen molar-refractivity contribution in [3.05, 3.63) is 57.8 Å². The largest absolute Gasteiger partial charge is 0.495 e. The van der Waals surface area contributed by atoms with E-state index in [4.69, 9.17) is 16.3 Å². The number of carbonyl (C=O) groups is 1. The van der Waals surface area contributed by atoms with Gasteiger partial charge in [-0.3, -0.25) is 14.2 Å². The van der Waals surface area contributed by atoms with Gasteiger partial charge in [-0.25, -0.2) is 4.98 Å². The highest BCUT2D eigenvalue weighted by Gasteiger charge is 2.18. The minimum Gasteiger partial charge on any atom is -0.495 e. The molecule has 0 aliphatic heterocycles. The summed E-state index contributed by atoms with van der Waals surface area (Å²) in [5.74, 6) is 0.614. The number of thioether (sulfide) groups is 1. The first kappa shape index (κ1) is 19.3. The van der Waals surface area contributed by atoms with Crippen molar-refractivity contribution >= 4 is 40.2 Å². The van der Waals surface area contributed by atoms with Gasteiger partial charge in [-0.1, -0.05) is 35.5 Å². The van der Waals surface area contributed by atoms with Crippen molar-refractivity contribution in [2.75, 3.05) is 27.0 Å². The second-order valence-electron chi connectivity index (χ2n) is 5.95. The Hall–Kier alpha value is -2.51. The number of aromatic nitrogens is 2. The third-order valence-corrected chi connectivity index (χ3v) is 5.11. The summed E-state index contributed by atoms with van der Waals surface area (Å²) in [5.41, 5.74) is 0.800. The van der Waals surface area contributed by atoms with Crippen LogP contribution < -0.4 is 10.3 Å². The number of carbonyl (C=O) groups excluding carboxylic acids is 1. The molecule has 0 unspecified atom stereocenters. The van der Waals surface area contributed by atoms with Gasteiger partial charge in [0, 0.05) is 19.1 Å². The van der Waals surface area contributed by atoms with Crippen LogP contribution in [0.2, 0.25) is 5.02 Å². The molecule has 0 radical (unpaired) electrons.